The molecule has 0 spiro atoms. The molecule has 3 aromatic rings. The first kappa shape index (κ1) is 21.3. The van der Waals surface area contributed by atoms with E-state index in [4.69, 9.17) is 0 Å². The summed E-state index contributed by atoms with van der Waals surface area (Å²) in [5, 5.41) is 5.84. The van der Waals surface area contributed by atoms with E-state index in [1.807, 2.05) is 56.3 Å². The van der Waals surface area contributed by atoms with Gasteiger partial charge in [-0.05, 0) is 36.1 Å². The third-order valence-electron chi connectivity index (χ3n) is 5.25. The number of hydrogen-bond acceptors (Lipinski definition) is 2. The van der Waals surface area contributed by atoms with E-state index >= 15 is 0 Å². The number of anilines is 1. The number of carbonyl (C=O) groups is 2. The highest BCUT2D eigenvalue weighted by molar-refractivity contribution is 5.98. The van der Waals surface area contributed by atoms with E-state index in [2.05, 4.69) is 34.9 Å². The molecule has 0 radical (unpaired) electrons. The lowest BCUT2D eigenvalue weighted by Crippen LogP contribution is -2.30. The van der Waals surface area contributed by atoms with E-state index in [1.54, 1.807) is 12.1 Å². The molecule has 2 N–H and O–H groups in total. The molecule has 0 aliphatic carbocycles. The minimum absolute atomic E-state index is 0.0621. The maximum absolute atomic E-state index is 12.5. The van der Waals surface area contributed by atoms with Crippen LogP contribution in [0.2, 0.25) is 0 Å². The predicted octanol–water partition coefficient (Wildman–Crippen LogP) is 5.93. The van der Waals surface area contributed by atoms with Gasteiger partial charge >= 0.3 is 6.03 Å². The normalized spacial score (nSPS) is 10.6. The smallest absolute Gasteiger partial charge is 0.319 e. The molecule has 0 unspecified atom stereocenters. The Bertz CT molecular complexity index is 945. The molecule has 30 heavy (non-hydrogen) atoms. The van der Waals surface area contributed by atoms with Crippen molar-refractivity contribution in [1.82, 2.24) is 5.32 Å². The van der Waals surface area contributed by atoms with Crippen LogP contribution in [-0.2, 0) is 0 Å². The predicted molar refractivity (Wildman–Crippen MR) is 122 cm³/mol. The number of aryl methyl sites for hydroxylation is 1. The summed E-state index contributed by atoms with van der Waals surface area (Å²) in [6.07, 6.45) is 1.23. The van der Waals surface area contributed by atoms with E-state index in [0.29, 0.717) is 24.2 Å². The Morgan fingerprint density at radius 3 is 2.03 bits per heavy atom. The largest absolute Gasteiger partial charge is 0.338 e. The molecular formula is C26H28N2O2. The van der Waals surface area contributed by atoms with Crippen molar-refractivity contribution in [2.45, 2.75) is 32.6 Å². The highest BCUT2D eigenvalue weighted by Crippen LogP contribution is 2.27. The molecule has 3 aromatic carbocycles. The molecule has 0 aromatic heterocycles. The zero-order valence-electron chi connectivity index (χ0n) is 17.5. The summed E-state index contributed by atoms with van der Waals surface area (Å²) >= 11 is 0. The van der Waals surface area contributed by atoms with Gasteiger partial charge in [-0.2, -0.15) is 0 Å². The fourth-order valence-electron chi connectivity index (χ4n) is 3.53. The molecule has 0 saturated carbocycles. The summed E-state index contributed by atoms with van der Waals surface area (Å²) in [4.78, 5) is 24.4. The lowest BCUT2D eigenvalue weighted by Gasteiger charge is -2.19. The van der Waals surface area contributed by atoms with Crippen LogP contribution in [0.25, 0.3) is 0 Å². The van der Waals surface area contributed by atoms with E-state index in [0.717, 1.165) is 12.0 Å². The number of carbonyl (C=O) groups excluding carboxylic acids is 2. The highest BCUT2D eigenvalue weighted by atomic mass is 16.2. The van der Waals surface area contributed by atoms with Gasteiger partial charge in [0.15, 0.2) is 5.78 Å². The fourth-order valence-corrected chi connectivity index (χ4v) is 3.53. The number of rotatable bonds is 8. The van der Waals surface area contributed by atoms with Gasteiger partial charge in [-0.25, -0.2) is 4.79 Å². The van der Waals surface area contributed by atoms with Gasteiger partial charge in [0, 0.05) is 30.1 Å². The van der Waals surface area contributed by atoms with Crippen molar-refractivity contribution >= 4 is 17.5 Å². The molecule has 4 nitrogen and oxygen atoms in total. The summed E-state index contributed by atoms with van der Waals surface area (Å²) in [6, 6.07) is 25.8. The molecule has 0 aliphatic heterocycles. The van der Waals surface area contributed by atoms with Crippen LogP contribution in [0.5, 0.6) is 0 Å². The zero-order chi connectivity index (χ0) is 21.3. The molecule has 0 saturated heterocycles. The molecule has 154 valence electrons. The number of benzene rings is 3. The van der Waals surface area contributed by atoms with Gasteiger partial charge in [0.05, 0.1) is 0 Å². The van der Waals surface area contributed by atoms with Gasteiger partial charge in [0.2, 0.25) is 0 Å². The quantitative estimate of drug-likeness (QED) is 0.460. The number of urea groups is 1. The van der Waals surface area contributed by atoms with Crippen LogP contribution < -0.4 is 10.6 Å². The highest BCUT2D eigenvalue weighted by Gasteiger charge is 2.14. The van der Waals surface area contributed by atoms with Gasteiger partial charge in [-0.15, -0.1) is 0 Å². The fraction of sp³-hybridized carbons (Fsp3) is 0.231. The van der Waals surface area contributed by atoms with Crippen LogP contribution in [0.15, 0.2) is 78.9 Å². The maximum Gasteiger partial charge on any atom is 0.319 e. The van der Waals surface area contributed by atoms with Crippen molar-refractivity contribution in [3.05, 3.63) is 101 Å². The minimum Gasteiger partial charge on any atom is -0.338 e. The lowest BCUT2D eigenvalue weighted by molar-refractivity contribution is 0.0988. The SMILES string of the molecule is CCC(=O)c1ccc(C)c(NC(=O)NCCC(c2ccccc2)c2ccccc2)c1. The Balaban J connectivity index is 1.63. The van der Waals surface area contributed by atoms with E-state index in [-0.39, 0.29) is 17.7 Å². The topological polar surface area (TPSA) is 58.2 Å². The monoisotopic (exact) mass is 400 g/mol. The third-order valence-corrected chi connectivity index (χ3v) is 5.25. The average molecular weight is 401 g/mol. The number of Topliss-reactive ketones (excluding diaryl/α,β-unsaturated/α-hetero) is 1. The molecule has 0 fully saturated rings. The molecule has 0 atom stereocenters. The molecule has 2 amide bonds. The number of nitrogens with one attached hydrogen (secondary N) is 2. The van der Waals surface area contributed by atoms with E-state index < -0.39 is 0 Å². The van der Waals surface area contributed by atoms with Gasteiger partial charge < -0.3 is 10.6 Å². The molecule has 0 bridgehead atoms. The van der Waals surface area contributed by atoms with Crippen LogP contribution in [0, 0.1) is 6.92 Å². The van der Waals surface area contributed by atoms with Crippen LogP contribution >= 0.6 is 0 Å². The van der Waals surface area contributed by atoms with Crippen LogP contribution in [0.3, 0.4) is 0 Å². The first-order valence-electron chi connectivity index (χ1n) is 10.4. The standard InChI is InChI=1S/C26H28N2O2/c1-3-25(29)22-15-14-19(2)24(18-22)28-26(30)27-17-16-23(20-10-6-4-7-11-20)21-12-8-5-9-13-21/h4-15,18,23H,3,16-17H2,1-2H3,(H2,27,28,30). The van der Waals surface area contributed by atoms with Crippen molar-refractivity contribution < 1.29 is 9.59 Å². The van der Waals surface area contributed by atoms with Gasteiger partial charge in [0.25, 0.3) is 0 Å². The molecular weight excluding hydrogens is 372 g/mol. The summed E-state index contributed by atoms with van der Waals surface area (Å²) in [7, 11) is 0. The van der Waals surface area contributed by atoms with Gasteiger partial charge in [-0.1, -0.05) is 79.7 Å². The Labute approximate surface area is 178 Å². The van der Waals surface area contributed by atoms with Crippen molar-refractivity contribution in [3.63, 3.8) is 0 Å². The van der Waals surface area contributed by atoms with Crippen LogP contribution in [0.4, 0.5) is 10.5 Å². The summed E-state index contributed by atoms with van der Waals surface area (Å²) in [5.74, 6) is 0.270. The lowest BCUT2D eigenvalue weighted by atomic mass is 9.88. The first-order chi connectivity index (χ1) is 14.6. The molecule has 0 heterocycles. The second-order valence-electron chi connectivity index (χ2n) is 7.35. The summed E-state index contributed by atoms with van der Waals surface area (Å²) < 4.78 is 0. The zero-order valence-corrected chi connectivity index (χ0v) is 17.5. The molecule has 3 rings (SSSR count). The average Bonchev–Trinajstić information content (AvgIpc) is 2.79. The Morgan fingerprint density at radius 2 is 1.47 bits per heavy atom. The first-order valence-corrected chi connectivity index (χ1v) is 10.4. The second-order valence-corrected chi connectivity index (χ2v) is 7.35. The number of amides is 2. The van der Waals surface area contributed by atoms with Gasteiger partial charge in [0.1, 0.15) is 0 Å². The van der Waals surface area contributed by atoms with Crippen molar-refractivity contribution in [1.29, 1.82) is 0 Å². The third kappa shape index (κ3) is 5.57. The Hall–Kier alpha value is -3.40. The molecule has 4 heteroatoms. The van der Waals surface area contributed by atoms with Crippen molar-refractivity contribution in [3.8, 4) is 0 Å². The summed E-state index contributed by atoms with van der Waals surface area (Å²) in [5.41, 5.74) is 4.66. The van der Waals surface area contributed by atoms with Crippen molar-refractivity contribution in [2.75, 3.05) is 11.9 Å². The van der Waals surface area contributed by atoms with Crippen LogP contribution in [0.1, 0.15) is 52.7 Å². The summed E-state index contributed by atoms with van der Waals surface area (Å²) in [6.45, 7) is 4.28. The molecule has 0 aliphatic rings. The van der Waals surface area contributed by atoms with Gasteiger partial charge in [-0.3, -0.25) is 4.79 Å². The van der Waals surface area contributed by atoms with E-state index in [9.17, 15) is 9.59 Å². The number of ketones is 1. The van der Waals surface area contributed by atoms with Crippen molar-refractivity contribution in [2.24, 2.45) is 0 Å². The second kappa shape index (κ2) is 10.4. The Kier molecular flexibility index (Phi) is 7.39. The van der Waals surface area contributed by atoms with Crippen LogP contribution in [-0.4, -0.2) is 18.4 Å². The number of hydrogen-bond donors (Lipinski definition) is 2. The Morgan fingerprint density at radius 1 is 0.867 bits per heavy atom. The maximum atomic E-state index is 12.5. The minimum atomic E-state index is -0.265. The van der Waals surface area contributed by atoms with E-state index in [1.165, 1.54) is 11.1 Å².